The van der Waals surface area contributed by atoms with Gasteiger partial charge in [-0.2, -0.15) is 0 Å². The minimum Gasteiger partial charge on any atom is -0.493 e. The summed E-state index contributed by atoms with van der Waals surface area (Å²) in [5.41, 5.74) is 6.48. The Hall–Kier alpha value is -1.19. The van der Waals surface area contributed by atoms with E-state index >= 15 is 0 Å². The fourth-order valence-corrected chi connectivity index (χ4v) is 1.55. The van der Waals surface area contributed by atoms with Crippen molar-refractivity contribution in [3.8, 4) is 11.5 Å². The average molecular weight is 242 g/mol. The molecule has 0 aliphatic heterocycles. The predicted molar refractivity (Wildman–Crippen MR) is 66.2 cm³/mol. The molecule has 1 aromatic rings. The summed E-state index contributed by atoms with van der Waals surface area (Å²) in [7, 11) is 1.58. The first-order chi connectivity index (χ1) is 7.72. The highest BCUT2D eigenvalue weighted by molar-refractivity contribution is 6.30. The quantitative estimate of drug-likeness (QED) is 0.807. The van der Waals surface area contributed by atoms with Crippen LogP contribution < -0.4 is 15.2 Å². The van der Waals surface area contributed by atoms with Gasteiger partial charge in [-0.3, -0.25) is 0 Å². The predicted octanol–water partition coefficient (Wildman–Crippen LogP) is 2.76. The van der Waals surface area contributed by atoms with Gasteiger partial charge in [0.05, 0.1) is 7.11 Å². The van der Waals surface area contributed by atoms with E-state index in [1.54, 1.807) is 19.2 Å². The van der Waals surface area contributed by atoms with Gasteiger partial charge in [0.1, 0.15) is 6.61 Å². The van der Waals surface area contributed by atoms with Crippen molar-refractivity contribution in [1.82, 2.24) is 0 Å². The normalized spacial score (nSPS) is 10.8. The summed E-state index contributed by atoms with van der Waals surface area (Å²) in [6.45, 7) is 2.79. The molecule has 1 aromatic carbocycles. The third-order valence-electron chi connectivity index (χ3n) is 2.10. The van der Waals surface area contributed by atoms with Gasteiger partial charge in [0.15, 0.2) is 11.5 Å². The second-order valence-corrected chi connectivity index (χ2v) is 3.62. The molecule has 4 heteroatoms. The summed E-state index contributed by atoms with van der Waals surface area (Å²) < 4.78 is 10.8. The zero-order valence-corrected chi connectivity index (χ0v) is 10.3. The van der Waals surface area contributed by atoms with E-state index in [9.17, 15) is 0 Å². The molecule has 0 atom stereocenters. The van der Waals surface area contributed by atoms with Crippen molar-refractivity contribution < 1.29 is 9.47 Å². The van der Waals surface area contributed by atoms with Gasteiger partial charge in [-0.15, -0.1) is 0 Å². The van der Waals surface area contributed by atoms with E-state index in [0.29, 0.717) is 29.7 Å². The van der Waals surface area contributed by atoms with Gasteiger partial charge in [-0.25, -0.2) is 0 Å². The molecule has 0 aliphatic rings. The molecule has 0 fully saturated rings. The number of halogens is 1. The Labute approximate surface area is 101 Å². The summed E-state index contributed by atoms with van der Waals surface area (Å²) in [5, 5.41) is 0.593. The van der Waals surface area contributed by atoms with Crippen LogP contribution in [0.5, 0.6) is 11.5 Å². The maximum atomic E-state index is 5.94. The molecule has 0 spiro atoms. The first-order valence-corrected chi connectivity index (χ1v) is 5.41. The highest BCUT2D eigenvalue weighted by atomic mass is 35.5. The third kappa shape index (κ3) is 3.15. The smallest absolute Gasteiger partial charge is 0.166 e. The number of rotatable bonds is 5. The summed E-state index contributed by atoms with van der Waals surface area (Å²) in [5.74, 6) is 1.27. The number of ether oxygens (including phenoxy) is 2. The largest absolute Gasteiger partial charge is 0.493 e. The van der Waals surface area contributed by atoms with E-state index in [4.69, 9.17) is 26.8 Å². The number of allylic oxidation sites excluding steroid dienone is 1. The van der Waals surface area contributed by atoms with E-state index in [1.807, 2.05) is 19.1 Å². The number of nitrogens with two attached hydrogens (primary N) is 1. The van der Waals surface area contributed by atoms with Gasteiger partial charge in [0.25, 0.3) is 0 Å². The highest BCUT2D eigenvalue weighted by Gasteiger charge is 2.11. The average Bonchev–Trinajstić information content (AvgIpc) is 2.30. The molecule has 0 radical (unpaired) electrons. The zero-order chi connectivity index (χ0) is 12.0. The first-order valence-electron chi connectivity index (χ1n) is 5.03. The molecule has 0 bridgehead atoms. The maximum Gasteiger partial charge on any atom is 0.166 e. The minimum absolute atomic E-state index is 0.363. The van der Waals surface area contributed by atoms with Crippen LogP contribution >= 0.6 is 11.6 Å². The Bertz CT molecular complexity index is 352. The molecule has 0 amide bonds. The molecule has 2 N–H and O–H groups in total. The Kier molecular flexibility index (Phi) is 5.15. The van der Waals surface area contributed by atoms with Crippen molar-refractivity contribution in [1.29, 1.82) is 0 Å². The summed E-state index contributed by atoms with van der Waals surface area (Å²) in [6, 6.07) is 3.50. The van der Waals surface area contributed by atoms with Crippen LogP contribution in [0.3, 0.4) is 0 Å². The lowest BCUT2D eigenvalue weighted by atomic mass is 10.2. The van der Waals surface area contributed by atoms with E-state index in [-0.39, 0.29) is 0 Å². The Balaban J connectivity index is 3.01. The Morgan fingerprint density at radius 2 is 2.19 bits per heavy atom. The zero-order valence-electron chi connectivity index (χ0n) is 9.50. The van der Waals surface area contributed by atoms with Gasteiger partial charge in [0, 0.05) is 23.2 Å². The maximum absolute atomic E-state index is 5.94. The van der Waals surface area contributed by atoms with Crippen LogP contribution in [0.2, 0.25) is 5.02 Å². The molecule has 0 unspecified atom stereocenters. The van der Waals surface area contributed by atoms with E-state index in [1.165, 1.54) is 0 Å². The molecule has 0 saturated carbocycles. The molecular weight excluding hydrogens is 226 g/mol. The summed E-state index contributed by atoms with van der Waals surface area (Å²) in [4.78, 5) is 0. The van der Waals surface area contributed by atoms with Crippen LogP contribution in [0, 0.1) is 0 Å². The van der Waals surface area contributed by atoms with Gasteiger partial charge in [0.2, 0.25) is 0 Å². The van der Waals surface area contributed by atoms with Crippen LogP contribution in [0.15, 0.2) is 24.3 Å². The fourth-order valence-electron chi connectivity index (χ4n) is 1.32. The fraction of sp³-hybridized carbons (Fsp3) is 0.333. The van der Waals surface area contributed by atoms with Crippen molar-refractivity contribution in [3.63, 3.8) is 0 Å². The van der Waals surface area contributed by atoms with E-state index in [2.05, 4.69) is 0 Å². The van der Waals surface area contributed by atoms with Crippen LogP contribution in [0.4, 0.5) is 0 Å². The monoisotopic (exact) mass is 241 g/mol. The van der Waals surface area contributed by atoms with Crippen molar-refractivity contribution in [2.75, 3.05) is 13.7 Å². The topological polar surface area (TPSA) is 44.5 Å². The van der Waals surface area contributed by atoms with Crippen molar-refractivity contribution in [2.24, 2.45) is 5.73 Å². The van der Waals surface area contributed by atoms with Crippen LogP contribution in [-0.2, 0) is 6.54 Å². The second-order valence-electron chi connectivity index (χ2n) is 3.18. The van der Waals surface area contributed by atoms with Gasteiger partial charge < -0.3 is 15.2 Å². The summed E-state index contributed by atoms with van der Waals surface area (Å²) in [6.07, 6.45) is 3.83. The molecule has 0 heterocycles. The van der Waals surface area contributed by atoms with E-state index < -0.39 is 0 Å². The number of hydrogen-bond donors (Lipinski definition) is 1. The molecule has 3 nitrogen and oxygen atoms in total. The summed E-state index contributed by atoms with van der Waals surface area (Å²) >= 11 is 5.94. The molecular formula is C12H16ClNO2. The van der Waals surface area contributed by atoms with Crippen LogP contribution in [-0.4, -0.2) is 13.7 Å². The van der Waals surface area contributed by atoms with Gasteiger partial charge >= 0.3 is 0 Å². The molecule has 1 rings (SSSR count). The molecule has 16 heavy (non-hydrogen) atoms. The number of methoxy groups -OCH3 is 1. The van der Waals surface area contributed by atoms with E-state index in [0.717, 1.165) is 5.56 Å². The second kappa shape index (κ2) is 6.40. The van der Waals surface area contributed by atoms with Crippen LogP contribution in [0.1, 0.15) is 12.5 Å². The van der Waals surface area contributed by atoms with Crippen LogP contribution in [0.25, 0.3) is 0 Å². The Morgan fingerprint density at radius 3 is 2.75 bits per heavy atom. The van der Waals surface area contributed by atoms with Crippen molar-refractivity contribution in [3.05, 3.63) is 34.9 Å². The highest BCUT2D eigenvalue weighted by Crippen LogP contribution is 2.34. The minimum atomic E-state index is 0.363. The lowest BCUT2D eigenvalue weighted by Gasteiger charge is -2.13. The first kappa shape index (κ1) is 12.9. The standard InChI is InChI=1S/C12H16ClNO2/c1-3-4-5-16-12-9(8-14)6-10(13)7-11(12)15-2/h3-4,6-7H,5,8,14H2,1-2H3/b4-3+. The lowest BCUT2D eigenvalue weighted by molar-refractivity contribution is 0.323. The molecule has 0 saturated heterocycles. The van der Waals surface area contributed by atoms with Gasteiger partial charge in [-0.1, -0.05) is 23.8 Å². The van der Waals surface area contributed by atoms with Gasteiger partial charge in [-0.05, 0) is 13.0 Å². The molecule has 88 valence electrons. The lowest BCUT2D eigenvalue weighted by Crippen LogP contribution is -2.04. The SMILES string of the molecule is C/C=C/COc1c(CN)cc(Cl)cc1OC. The molecule has 0 aromatic heterocycles. The number of benzene rings is 1. The van der Waals surface area contributed by atoms with Crippen molar-refractivity contribution >= 4 is 11.6 Å². The number of hydrogen-bond acceptors (Lipinski definition) is 3. The molecule has 0 aliphatic carbocycles. The Morgan fingerprint density at radius 1 is 1.44 bits per heavy atom. The van der Waals surface area contributed by atoms with Crippen molar-refractivity contribution in [2.45, 2.75) is 13.5 Å². The third-order valence-corrected chi connectivity index (χ3v) is 2.31.